The number of nitrogens with one attached hydrogen (secondary N) is 1. The van der Waals surface area contributed by atoms with E-state index in [1.807, 2.05) is 25.1 Å². The molecule has 190 valence electrons. The number of aromatic nitrogens is 2. The first-order valence-electron chi connectivity index (χ1n) is 11.9. The average molecular weight is 509 g/mol. The molecule has 0 amide bonds. The third kappa shape index (κ3) is 4.91. The van der Waals surface area contributed by atoms with Crippen LogP contribution in [0.1, 0.15) is 41.1 Å². The predicted molar refractivity (Wildman–Crippen MR) is 144 cm³/mol. The van der Waals surface area contributed by atoms with Crippen LogP contribution in [0.25, 0.3) is 5.69 Å². The Bertz CT molecular complexity index is 1260. The molecular weight excluding hydrogens is 476 g/mol. The first-order chi connectivity index (χ1) is 17.2. The topological polar surface area (TPSA) is 88.7 Å². The lowest BCUT2D eigenvalue weighted by atomic mass is 9.96. The highest BCUT2D eigenvalue weighted by molar-refractivity contribution is 7.80. The molecule has 0 aliphatic carbocycles. The molecule has 0 saturated carbocycles. The van der Waals surface area contributed by atoms with Gasteiger partial charge >= 0.3 is 0 Å². The SMILES string of the molecule is COc1cc([N+](=O)[O-])ccc1-n1c(C)cc([C@H]2[C@H](c3ccccn3)NC(=S)N2CCCN(C)C)c1C. The summed E-state index contributed by atoms with van der Waals surface area (Å²) in [7, 11) is 5.67. The summed E-state index contributed by atoms with van der Waals surface area (Å²) in [6, 6.07) is 12.6. The molecule has 4 rings (SSSR count). The highest BCUT2D eigenvalue weighted by Gasteiger charge is 2.41. The Labute approximate surface area is 216 Å². The number of thiocarbonyl (C=S) groups is 1. The normalized spacial score (nSPS) is 17.5. The highest BCUT2D eigenvalue weighted by atomic mass is 32.1. The van der Waals surface area contributed by atoms with Crippen LogP contribution in [0.15, 0.2) is 48.7 Å². The second kappa shape index (κ2) is 10.6. The van der Waals surface area contributed by atoms with E-state index < -0.39 is 4.92 Å². The molecule has 1 aromatic carbocycles. The molecule has 3 heterocycles. The molecule has 0 unspecified atom stereocenters. The molecule has 1 aliphatic heterocycles. The molecule has 1 aliphatic rings. The van der Waals surface area contributed by atoms with Gasteiger partial charge in [-0.1, -0.05) is 6.07 Å². The van der Waals surface area contributed by atoms with Gasteiger partial charge in [0.15, 0.2) is 5.11 Å². The molecule has 2 aromatic heterocycles. The zero-order valence-corrected chi connectivity index (χ0v) is 22.1. The number of pyridine rings is 1. The van der Waals surface area contributed by atoms with Gasteiger partial charge in [-0.05, 0) is 83.0 Å². The molecule has 0 bridgehead atoms. The van der Waals surface area contributed by atoms with Crippen molar-refractivity contribution in [1.29, 1.82) is 0 Å². The number of aryl methyl sites for hydroxylation is 1. The van der Waals surface area contributed by atoms with Gasteiger partial charge in [0.1, 0.15) is 5.75 Å². The fourth-order valence-electron chi connectivity index (χ4n) is 4.96. The quantitative estimate of drug-likeness (QED) is 0.260. The summed E-state index contributed by atoms with van der Waals surface area (Å²) < 4.78 is 7.65. The summed E-state index contributed by atoms with van der Waals surface area (Å²) >= 11 is 5.81. The van der Waals surface area contributed by atoms with Gasteiger partial charge in [-0.2, -0.15) is 0 Å². The Morgan fingerprint density at radius 2 is 2.00 bits per heavy atom. The fraction of sp³-hybridized carbons (Fsp3) is 0.385. The molecule has 36 heavy (non-hydrogen) atoms. The van der Waals surface area contributed by atoms with Crippen molar-refractivity contribution >= 4 is 23.0 Å². The average Bonchev–Trinajstić information content (AvgIpc) is 3.33. The second-order valence-electron chi connectivity index (χ2n) is 9.25. The van der Waals surface area contributed by atoms with Crippen LogP contribution in [0.5, 0.6) is 5.75 Å². The van der Waals surface area contributed by atoms with E-state index in [1.54, 1.807) is 12.3 Å². The number of nitro benzene ring substituents is 1. The maximum absolute atomic E-state index is 11.3. The van der Waals surface area contributed by atoms with E-state index >= 15 is 0 Å². The van der Waals surface area contributed by atoms with E-state index in [0.29, 0.717) is 10.9 Å². The molecular formula is C26H32N6O3S. The van der Waals surface area contributed by atoms with Crippen molar-refractivity contribution in [2.24, 2.45) is 0 Å². The monoisotopic (exact) mass is 508 g/mol. The molecule has 2 atom stereocenters. The Hall–Kier alpha value is -3.50. The molecule has 9 nitrogen and oxygen atoms in total. The largest absolute Gasteiger partial charge is 0.494 e. The predicted octanol–water partition coefficient (Wildman–Crippen LogP) is 4.33. The minimum atomic E-state index is -0.415. The van der Waals surface area contributed by atoms with E-state index in [-0.39, 0.29) is 17.8 Å². The number of hydrogen-bond acceptors (Lipinski definition) is 6. The summed E-state index contributed by atoms with van der Waals surface area (Å²) in [4.78, 5) is 20.0. The lowest BCUT2D eigenvalue weighted by Gasteiger charge is -2.28. The van der Waals surface area contributed by atoms with E-state index in [2.05, 4.69) is 51.8 Å². The summed E-state index contributed by atoms with van der Waals surface area (Å²) in [6.07, 6.45) is 2.77. The van der Waals surface area contributed by atoms with Gasteiger partial charge in [-0.15, -0.1) is 0 Å². The molecule has 0 spiro atoms. The summed E-state index contributed by atoms with van der Waals surface area (Å²) in [5, 5.41) is 15.5. The van der Waals surface area contributed by atoms with Crippen LogP contribution in [-0.2, 0) is 0 Å². The first-order valence-corrected chi connectivity index (χ1v) is 12.3. The van der Waals surface area contributed by atoms with Crippen molar-refractivity contribution in [2.75, 3.05) is 34.3 Å². The van der Waals surface area contributed by atoms with Crippen LogP contribution in [0.2, 0.25) is 0 Å². The Morgan fingerprint density at radius 1 is 1.22 bits per heavy atom. The summed E-state index contributed by atoms with van der Waals surface area (Å²) in [5.41, 5.74) is 4.82. The number of nitrogens with zero attached hydrogens (tertiary/aromatic N) is 5. The number of ether oxygens (including phenoxy) is 1. The van der Waals surface area contributed by atoms with Crippen LogP contribution >= 0.6 is 12.2 Å². The zero-order valence-electron chi connectivity index (χ0n) is 21.3. The van der Waals surface area contributed by atoms with Gasteiger partial charge in [-0.25, -0.2) is 0 Å². The van der Waals surface area contributed by atoms with E-state index in [9.17, 15) is 10.1 Å². The maximum Gasteiger partial charge on any atom is 0.273 e. The third-order valence-electron chi connectivity index (χ3n) is 6.61. The van der Waals surface area contributed by atoms with Crippen molar-refractivity contribution in [3.8, 4) is 11.4 Å². The van der Waals surface area contributed by atoms with Crippen molar-refractivity contribution < 1.29 is 9.66 Å². The molecule has 1 N–H and O–H groups in total. The van der Waals surface area contributed by atoms with E-state index in [1.165, 1.54) is 19.2 Å². The minimum Gasteiger partial charge on any atom is -0.494 e. The summed E-state index contributed by atoms with van der Waals surface area (Å²) in [6.45, 7) is 5.86. The molecule has 1 saturated heterocycles. The number of benzene rings is 1. The van der Waals surface area contributed by atoms with Gasteiger partial charge in [0.2, 0.25) is 0 Å². The van der Waals surface area contributed by atoms with Gasteiger partial charge in [0.25, 0.3) is 5.69 Å². The molecule has 1 fully saturated rings. The van der Waals surface area contributed by atoms with Gasteiger partial charge in [0, 0.05) is 30.2 Å². The molecule has 10 heteroatoms. The lowest BCUT2D eigenvalue weighted by molar-refractivity contribution is -0.384. The van der Waals surface area contributed by atoms with Gasteiger partial charge in [0.05, 0.1) is 41.6 Å². The number of hydrogen-bond donors (Lipinski definition) is 1. The van der Waals surface area contributed by atoms with Crippen LogP contribution in [0.4, 0.5) is 5.69 Å². The second-order valence-corrected chi connectivity index (χ2v) is 9.64. The standard InChI is InChI=1S/C26H32N6O3S/c1-17-15-20(18(2)31(17)22-11-10-19(32(33)34)16-23(22)35-5)25-24(21-9-6-7-12-27-21)28-26(36)30(25)14-8-13-29(3)4/h6-7,9-12,15-16,24-25H,8,13-14H2,1-5H3,(H,28,36)/t24-,25-/m0/s1. The Kier molecular flexibility index (Phi) is 7.56. The number of rotatable bonds is 9. The van der Waals surface area contributed by atoms with Crippen molar-refractivity contribution in [2.45, 2.75) is 32.4 Å². The minimum absolute atomic E-state index is 0.00842. The van der Waals surface area contributed by atoms with Crippen molar-refractivity contribution in [3.63, 3.8) is 0 Å². The number of non-ortho nitro benzene ring substituents is 1. The van der Waals surface area contributed by atoms with Crippen LogP contribution in [0, 0.1) is 24.0 Å². The number of methoxy groups -OCH3 is 1. The van der Waals surface area contributed by atoms with Gasteiger partial charge < -0.3 is 24.4 Å². The summed E-state index contributed by atoms with van der Waals surface area (Å²) in [5.74, 6) is 0.446. The van der Waals surface area contributed by atoms with E-state index in [4.69, 9.17) is 17.0 Å². The van der Waals surface area contributed by atoms with Crippen LogP contribution in [0.3, 0.4) is 0 Å². The smallest absolute Gasteiger partial charge is 0.273 e. The van der Waals surface area contributed by atoms with Crippen molar-refractivity contribution in [3.05, 3.63) is 81.4 Å². The fourth-order valence-corrected chi connectivity index (χ4v) is 5.30. The zero-order chi connectivity index (χ0) is 26.0. The molecule has 0 radical (unpaired) electrons. The first kappa shape index (κ1) is 25.6. The Balaban J connectivity index is 1.80. The Morgan fingerprint density at radius 3 is 2.64 bits per heavy atom. The van der Waals surface area contributed by atoms with Crippen LogP contribution < -0.4 is 10.1 Å². The lowest BCUT2D eigenvalue weighted by Crippen LogP contribution is -2.32. The third-order valence-corrected chi connectivity index (χ3v) is 6.96. The van der Waals surface area contributed by atoms with E-state index in [0.717, 1.165) is 47.8 Å². The van der Waals surface area contributed by atoms with Crippen molar-refractivity contribution in [1.82, 2.24) is 24.7 Å². The van der Waals surface area contributed by atoms with Gasteiger partial charge in [-0.3, -0.25) is 15.1 Å². The highest BCUT2D eigenvalue weighted by Crippen LogP contribution is 2.42. The molecule has 3 aromatic rings. The van der Waals surface area contributed by atoms with Crippen LogP contribution in [-0.4, -0.2) is 63.7 Å². The number of nitro groups is 1. The maximum atomic E-state index is 11.3.